The maximum absolute atomic E-state index is 15.7. The molecule has 19 nitrogen and oxygen atoms in total. The Hall–Kier alpha value is -7.09. The summed E-state index contributed by atoms with van der Waals surface area (Å²) in [4.78, 5) is 82.9. The Morgan fingerprint density at radius 2 is 1.93 bits per heavy atom. The highest BCUT2D eigenvalue weighted by Crippen LogP contribution is 2.32. The van der Waals surface area contributed by atoms with Crippen LogP contribution in [0, 0.1) is 0 Å². The van der Waals surface area contributed by atoms with E-state index in [1.165, 1.54) is 16.9 Å². The van der Waals surface area contributed by atoms with Gasteiger partial charge in [0, 0.05) is 62.0 Å². The number of imidazole rings is 1. The van der Waals surface area contributed by atoms with Crippen molar-refractivity contribution in [2.45, 2.75) is 44.2 Å². The number of rotatable bonds is 12. The maximum Gasteiger partial charge on any atom is 0.322 e. The van der Waals surface area contributed by atoms with Crippen LogP contribution in [-0.2, 0) is 41.6 Å². The molecule has 316 valence electrons. The summed E-state index contributed by atoms with van der Waals surface area (Å²) in [7, 11) is 5.02. The molecule has 6 heterocycles. The Morgan fingerprint density at radius 3 is 2.70 bits per heavy atom. The number of anilines is 4. The molecule has 2 aromatic carbocycles. The van der Waals surface area contributed by atoms with Gasteiger partial charge >= 0.3 is 6.03 Å². The second kappa shape index (κ2) is 16.5. The van der Waals surface area contributed by atoms with Crippen molar-refractivity contribution in [1.29, 1.82) is 0 Å². The van der Waals surface area contributed by atoms with E-state index in [1.807, 2.05) is 0 Å². The van der Waals surface area contributed by atoms with E-state index in [4.69, 9.17) is 16.3 Å². The van der Waals surface area contributed by atoms with Gasteiger partial charge in [0.05, 0.1) is 38.8 Å². The average molecular weight is 854 g/mol. The van der Waals surface area contributed by atoms with Crippen LogP contribution in [0.1, 0.15) is 34.3 Å². The number of fused-ring (bicyclic) bond motifs is 2. The van der Waals surface area contributed by atoms with Crippen LogP contribution in [0.3, 0.4) is 0 Å². The fraction of sp³-hybridized carbons (Fsp3) is 0.325. The number of ether oxygens (including phenoxy) is 1. The third kappa shape index (κ3) is 8.25. The van der Waals surface area contributed by atoms with E-state index in [2.05, 4.69) is 47.9 Å². The Balaban J connectivity index is 0.926. The Labute approximate surface area is 352 Å². The van der Waals surface area contributed by atoms with E-state index in [0.717, 1.165) is 0 Å². The lowest BCUT2D eigenvalue weighted by Crippen LogP contribution is -2.52. The number of carbonyl (C=O) groups excluding carboxylic acids is 5. The number of aromatic nitrogens is 6. The normalized spacial score (nSPS) is 18.6. The molecule has 3 aliphatic heterocycles. The molecule has 8 rings (SSSR count). The number of nitrogens with one attached hydrogen (secondary N) is 4. The molecule has 0 spiro atoms. The lowest BCUT2D eigenvalue weighted by molar-refractivity contribution is -0.137. The van der Waals surface area contributed by atoms with Crippen LogP contribution in [0.4, 0.5) is 32.3 Å². The van der Waals surface area contributed by atoms with Gasteiger partial charge in [-0.15, -0.1) is 5.10 Å². The molecule has 1 unspecified atom stereocenters. The topological polar surface area (TPSA) is 214 Å². The second-order valence-electron chi connectivity index (χ2n) is 15.0. The number of carbonyl (C=O) groups is 5. The molecule has 3 atom stereocenters. The quantitative estimate of drug-likeness (QED) is 0.105. The van der Waals surface area contributed by atoms with Gasteiger partial charge in [0.25, 0.3) is 11.8 Å². The smallest absolute Gasteiger partial charge is 0.322 e. The van der Waals surface area contributed by atoms with Crippen LogP contribution in [0.5, 0.6) is 5.88 Å². The van der Waals surface area contributed by atoms with Crippen molar-refractivity contribution in [2.24, 2.45) is 14.1 Å². The fourth-order valence-electron chi connectivity index (χ4n) is 7.59. The molecular formula is C40H41ClFN13O6. The first-order valence-corrected chi connectivity index (χ1v) is 19.6. The number of methoxy groups -OCH3 is 1. The number of piperidine rings is 1. The van der Waals surface area contributed by atoms with Crippen LogP contribution in [0.25, 0.3) is 11.2 Å². The van der Waals surface area contributed by atoms with Gasteiger partial charge < -0.3 is 35.1 Å². The van der Waals surface area contributed by atoms with E-state index >= 15 is 4.39 Å². The van der Waals surface area contributed by atoms with E-state index in [1.54, 1.807) is 83.2 Å². The van der Waals surface area contributed by atoms with Crippen molar-refractivity contribution in [1.82, 2.24) is 50.1 Å². The van der Waals surface area contributed by atoms with Crippen molar-refractivity contribution in [3.05, 3.63) is 88.9 Å². The van der Waals surface area contributed by atoms with Gasteiger partial charge in [-0.2, -0.15) is 9.97 Å². The van der Waals surface area contributed by atoms with Crippen LogP contribution in [-0.4, -0.2) is 109 Å². The summed E-state index contributed by atoms with van der Waals surface area (Å²) in [6.07, 6.45) is 2.20. The first-order valence-electron chi connectivity index (χ1n) is 19.2. The number of halogens is 2. The fourth-order valence-corrected chi connectivity index (χ4v) is 7.77. The molecule has 5 aromatic rings. The molecule has 0 aliphatic carbocycles. The van der Waals surface area contributed by atoms with Gasteiger partial charge in [-0.3, -0.25) is 34.1 Å². The highest BCUT2D eigenvalue weighted by atomic mass is 35.5. The number of hydrogen-bond acceptors (Lipinski definition) is 12. The van der Waals surface area contributed by atoms with Gasteiger partial charge in [0.1, 0.15) is 17.9 Å². The highest BCUT2D eigenvalue weighted by molar-refractivity contribution is 6.31. The van der Waals surface area contributed by atoms with Gasteiger partial charge in [-0.1, -0.05) is 36.4 Å². The molecule has 3 aliphatic rings. The summed E-state index contributed by atoms with van der Waals surface area (Å²) in [5.41, 5.74) is 3.67. The molecule has 3 aromatic heterocycles. The standard InChI is InChI=1S/C40H41ClFN13O6/c1-21(35(57)46-28-19-53(17-27(28)42)39-48-33(32-34(49-39)51(2)20-44-32)45-29-18-52(3)50-37(29)61-4)15-54(25-7-5-6-24(41)13-25)40(60)43-14-22-8-9-26-23(12-22)16-55(38(26)59)30-10-11-31(56)47-36(30)58/h5-9,12-13,18,20,27-28,30H,1,10-11,14-17,19H2,2-4H3,(H,43,60)(H,46,57)(H,45,48,49)(H,47,56,58)/t27-,28-,30?/m1/s1. The van der Waals surface area contributed by atoms with Gasteiger partial charge in [-0.25, -0.2) is 14.2 Å². The van der Waals surface area contributed by atoms with Gasteiger partial charge in [-0.05, 0) is 41.8 Å². The largest absolute Gasteiger partial charge is 0.478 e. The van der Waals surface area contributed by atoms with Crippen molar-refractivity contribution < 1.29 is 33.1 Å². The average Bonchev–Trinajstić information content (AvgIpc) is 3.99. The Morgan fingerprint density at radius 1 is 1.11 bits per heavy atom. The minimum atomic E-state index is -1.50. The zero-order chi connectivity index (χ0) is 43.1. The third-order valence-electron chi connectivity index (χ3n) is 10.7. The first-order chi connectivity index (χ1) is 29.3. The van der Waals surface area contributed by atoms with Crippen molar-refractivity contribution in [2.75, 3.05) is 41.9 Å². The van der Waals surface area contributed by atoms with Crippen LogP contribution < -0.4 is 35.8 Å². The number of alkyl halides is 1. The summed E-state index contributed by atoms with van der Waals surface area (Å²) in [5, 5.41) is 15.7. The zero-order valence-corrected chi connectivity index (χ0v) is 34.1. The van der Waals surface area contributed by atoms with Crippen LogP contribution in [0.2, 0.25) is 5.02 Å². The predicted octanol–water partition coefficient (Wildman–Crippen LogP) is 2.88. The van der Waals surface area contributed by atoms with Crippen LogP contribution in [0.15, 0.2) is 67.1 Å². The van der Waals surface area contributed by atoms with E-state index in [0.29, 0.717) is 55.9 Å². The molecule has 0 saturated carbocycles. The van der Waals surface area contributed by atoms with Gasteiger partial charge in [0.15, 0.2) is 17.0 Å². The van der Waals surface area contributed by atoms with E-state index in [9.17, 15) is 24.0 Å². The number of nitrogens with zero attached hydrogens (tertiary/aromatic N) is 9. The third-order valence-corrected chi connectivity index (χ3v) is 10.9. The van der Waals surface area contributed by atoms with E-state index < -0.39 is 36.1 Å². The predicted molar refractivity (Wildman–Crippen MR) is 221 cm³/mol. The molecular weight excluding hydrogens is 813 g/mol. The second-order valence-corrected chi connectivity index (χ2v) is 15.4. The summed E-state index contributed by atoms with van der Waals surface area (Å²) >= 11 is 6.30. The molecule has 0 bridgehead atoms. The number of benzene rings is 2. The molecule has 21 heteroatoms. The van der Waals surface area contributed by atoms with Crippen molar-refractivity contribution >= 4 is 75.6 Å². The van der Waals surface area contributed by atoms with Gasteiger partial charge in [0.2, 0.25) is 23.7 Å². The zero-order valence-electron chi connectivity index (χ0n) is 33.3. The maximum atomic E-state index is 15.7. The Bertz CT molecular complexity index is 2610. The number of hydrogen-bond donors (Lipinski definition) is 4. The van der Waals surface area contributed by atoms with Crippen LogP contribution >= 0.6 is 11.6 Å². The molecule has 0 radical (unpaired) electrons. The lowest BCUT2D eigenvalue weighted by atomic mass is 10.0. The number of amides is 6. The minimum absolute atomic E-state index is 0.0187. The molecule has 61 heavy (non-hydrogen) atoms. The first kappa shape index (κ1) is 40.7. The number of aryl methyl sites for hydroxylation is 2. The molecule has 4 N–H and O–H groups in total. The summed E-state index contributed by atoms with van der Waals surface area (Å²) < 4.78 is 24.4. The molecule has 6 amide bonds. The SMILES string of the molecule is C=C(CN(C(=O)NCc1ccc2c(c1)CN(C1CCC(=O)NC1=O)C2=O)c1cccc(Cl)c1)C(=O)N[C@@H]1CN(c2nc(Nc3cn(C)nc3OC)c3ncn(C)c3n2)C[C@H]1F. The molecule has 2 saturated heterocycles. The minimum Gasteiger partial charge on any atom is -0.478 e. The summed E-state index contributed by atoms with van der Waals surface area (Å²) in [5.74, 6) is -0.937. The Kier molecular flexibility index (Phi) is 11.0. The summed E-state index contributed by atoms with van der Waals surface area (Å²) in [6, 6.07) is 9.36. The lowest BCUT2D eigenvalue weighted by Gasteiger charge is -2.29. The monoisotopic (exact) mass is 853 g/mol. The van der Waals surface area contributed by atoms with E-state index in [-0.39, 0.29) is 68.9 Å². The number of imide groups is 1. The number of urea groups is 1. The summed E-state index contributed by atoms with van der Waals surface area (Å²) in [6.45, 7) is 3.84. The highest BCUT2D eigenvalue weighted by Gasteiger charge is 2.40. The van der Waals surface area contributed by atoms with Crippen molar-refractivity contribution in [3.63, 3.8) is 0 Å². The van der Waals surface area contributed by atoms with Crippen molar-refractivity contribution in [3.8, 4) is 5.88 Å². The molecule has 2 fully saturated rings.